The molecule has 0 aliphatic heterocycles. The van der Waals surface area contributed by atoms with Gasteiger partial charge in [0.2, 0.25) is 5.91 Å². The Balaban J connectivity index is 2.08. The number of amides is 1. The molecule has 0 unspecified atom stereocenters. The highest BCUT2D eigenvalue weighted by molar-refractivity contribution is 7.09. The zero-order chi connectivity index (χ0) is 14.4. The number of para-hydroxylation sites is 2. The van der Waals surface area contributed by atoms with E-state index < -0.39 is 5.92 Å². The third kappa shape index (κ3) is 3.37. The number of ether oxygens (including phenoxy) is 1. The van der Waals surface area contributed by atoms with E-state index in [1.807, 2.05) is 23.6 Å². The Morgan fingerprint density at radius 2 is 2.20 bits per heavy atom. The lowest BCUT2D eigenvalue weighted by atomic mass is 10.1. The van der Waals surface area contributed by atoms with Gasteiger partial charge in [0.1, 0.15) is 11.7 Å². The van der Waals surface area contributed by atoms with Gasteiger partial charge in [-0.05, 0) is 23.6 Å². The van der Waals surface area contributed by atoms with Gasteiger partial charge < -0.3 is 10.1 Å². The number of nitrogens with one attached hydrogen (secondary N) is 1. The van der Waals surface area contributed by atoms with Crippen LogP contribution in [0.25, 0.3) is 0 Å². The summed E-state index contributed by atoms with van der Waals surface area (Å²) in [6.45, 7) is 0. The highest BCUT2D eigenvalue weighted by Crippen LogP contribution is 2.24. The lowest BCUT2D eigenvalue weighted by Crippen LogP contribution is -2.23. The van der Waals surface area contributed by atoms with Crippen LogP contribution >= 0.6 is 11.3 Å². The second kappa shape index (κ2) is 6.73. The van der Waals surface area contributed by atoms with Gasteiger partial charge in [0.25, 0.3) is 0 Å². The molecule has 0 aliphatic carbocycles. The number of nitrogens with zero attached hydrogens (tertiary/aromatic N) is 1. The molecule has 1 aromatic carbocycles. The van der Waals surface area contributed by atoms with Crippen LogP contribution in [0.2, 0.25) is 0 Å². The minimum absolute atomic E-state index is 0.314. The van der Waals surface area contributed by atoms with Crippen molar-refractivity contribution in [3.05, 3.63) is 46.7 Å². The molecule has 1 N–H and O–H groups in total. The molecule has 20 heavy (non-hydrogen) atoms. The number of methoxy groups -OCH3 is 1. The fourth-order valence-corrected chi connectivity index (χ4v) is 2.55. The number of anilines is 1. The summed E-state index contributed by atoms with van der Waals surface area (Å²) in [5, 5.41) is 13.8. The van der Waals surface area contributed by atoms with Crippen LogP contribution in [0.1, 0.15) is 4.88 Å². The van der Waals surface area contributed by atoms with Gasteiger partial charge in [0, 0.05) is 11.3 Å². The molecular formula is C15H14N2O2S. The standard InChI is InChI=1S/C15H14N2O2S/c1-19-14-7-3-2-6-13(14)17-15(18)11(10-16)9-12-5-4-8-20-12/h2-8,11H,9H2,1H3,(H,17,18)/t11-/m1/s1. The maximum atomic E-state index is 12.2. The molecule has 102 valence electrons. The van der Waals surface area contributed by atoms with Crippen LogP contribution in [0.3, 0.4) is 0 Å². The SMILES string of the molecule is COc1ccccc1NC(=O)[C@@H](C#N)Cc1cccs1. The molecular weight excluding hydrogens is 272 g/mol. The van der Waals surface area contributed by atoms with Gasteiger partial charge in [-0.2, -0.15) is 5.26 Å². The number of hydrogen-bond donors (Lipinski definition) is 1. The molecule has 5 heteroatoms. The minimum atomic E-state index is -0.710. The normalized spacial score (nSPS) is 11.4. The van der Waals surface area contributed by atoms with Crippen LogP contribution in [-0.2, 0) is 11.2 Å². The monoisotopic (exact) mass is 286 g/mol. The second-order valence-electron chi connectivity index (χ2n) is 4.15. The van der Waals surface area contributed by atoms with Crippen molar-refractivity contribution in [2.24, 2.45) is 5.92 Å². The maximum Gasteiger partial charge on any atom is 0.242 e. The number of nitriles is 1. The third-order valence-corrected chi connectivity index (χ3v) is 3.72. The first kappa shape index (κ1) is 14.1. The zero-order valence-corrected chi connectivity index (χ0v) is 11.8. The van der Waals surface area contributed by atoms with Gasteiger partial charge >= 0.3 is 0 Å². The molecule has 0 bridgehead atoms. The van der Waals surface area contributed by atoms with Gasteiger partial charge in [0.05, 0.1) is 18.9 Å². The number of rotatable bonds is 5. The van der Waals surface area contributed by atoms with E-state index in [1.165, 1.54) is 0 Å². The van der Waals surface area contributed by atoms with E-state index in [9.17, 15) is 4.79 Å². The summed E-state index contributed by atoms with van der Waals surface area (Å²) >= 11 is 1.54. The molecule has 0 aliphatic rings. The number of carbonyl (C=O) groups excluding carboxylic acids is 1. The van der Waals surface area contributed by atoms with Crippen LogP contribution in [0.15, 0.2) is 41.8 Å². The lowest BCUT2D eigenvalue weighted by Gasteiger charge is -2.12. The Morgan fingerprint density at radius 1 is 1.40 bits per heavy atom. The molecule has 0 saturated heterocycles. The molecule has 1 aromatic heterocycles. The Hall–Kier alpha value is -2.32. The first-order chi connectivity index (χ1) is 9.74. The summed E-state index contributed by atoms with van der Waals surface area (Å²) in [6, 6.07) is 13.0. The Kier molecular flexibility index (Phi) is 4.75. The molecule has 2 rings (SSSR count). The smallest absolute Gasteiger partial charge is 0.242 e. The third-order valence-electron chi connectivity index (χ3n) is 2.82. The van der Waals surface area contributed by atoms with E-state index in [2.05, 4.69) is 11.4 Å². The highest BCUT2D eigenvalue weighted by Gasteiger charge is 2.20. The summed E-state index contributed by atoms with van der Waals surface area (Å²) in [5.41, 5.74) is 0.575. The fourth-order valence-electron chi connectivity index (χ4n) is 1.79. The van der Waals surface area contributed by atoms with Crippen molar-refractivity contribution in [2.45, 2.75) is 6.42 Å². The van der Waals surface area contributed by atoms with E-state index in [0.29, 0.717) is 17.9 Å². The minimum Gasteiger partial charge on any atom is -0.495 e. The number of thiophene rings is 1. The van der Waals surface area contributed by atoms with Crippen molar-refractivity contribution in [2.75, 3.05) is 12.4 Å². The van der Waals surface area contributed by atoms with Crippen LogP contribution in [0.5, 0.6) is 5.75 Å². The first-order valence-corrected chi connectivity index (χ1v) is 6.98. The predicted octanol–water partition coefficient (Wildman–Crippen LogP) is 3.08. The van der Waals surface area contributed by atoms with Crippen LogP contribution in [0.4, 0.5) is 5.69 Å². The Bertz CT molecular complexity index is 617. The average molecular weight is 286 g/mol. The summed E-state index contributed by atoms with van der Waals surface area (Å²) in [5.74, 6) is -0.447. The van der Waals surface area contributed by atoms with Gasteiger partial charge in [-0.1, -0.05) is 18.2 Å². The first-order valence-electron chi connectivity index (χ1n) is 6.10. The van der Waals surface area contributed by atoms with E-state index in [0.717, 1.165) is 4.88 Å². The van der Waals surface area contributed by atoms with Gasteiger partial charge in [-0.25, -0.2) is 0 Å². The summed E-state index contributed by atoms with van der Waals surface area (Å²) in [7, 11) is 1.54. The lowest BCUT2D eigenvalue weighted by molar-refractivity contribution is -0.118. The van der Waals surface area contributed by atoms with Gasteiger partial charge in [-0.3, -0.25) is 4.79 Å². The second-order valence-corrected chi connectivity index (χ2v) is 5.19. The largest absolute Gasteiger partial charge is 0.495 e. The molecule has 4 nitrogen and oxygen atoms in total. The molecule has 1 amide bonds. The molecule has 1 heterocycles. The van der Waals surface area contributed by atoms with Crippen molar-refractivity contribution >= 4 is 22.9 Å². The highest BCUT2D eigenvalue weighted by atomic mass is 32.1. The van der Waals surface area contributed by atoms with Crippen LogP contribution < -0.4 is 10.1 Å². The van der Waals surface area contributed by atoms with Gasteiger partial charge in [-0.15, -0.1) is 11.3 Å². The van der Waals surface area contributed by atoms with E-state index in [1.54, 1.807) is 36.6 Å². The van der Waals surface area contributed by atoms with E-state index in [-0.39, 0.29) is 5.91 Å². The summed E-state index contributed by atoms with van der Waals surface area (Å²) in [4.78, 5) is 13.2. The molecule has 0 radical (unpaired) electrons. The number of benzene rings is 1. The van der Waals surface area contributed by atoms with Crippen molar-refractivity contribution in [3.8, 4) is 11.8 Å². The van der Waals surface area contributed by atoms with Gasteiger partial charge in [0.15, 0.2) is 0 Å². The number of carbonyl (C=O) groups is 1. The van der Waals surface area contributed by atoms with Crippen molar-refractivity contribution in [1.29, 1.82) is 5.26 Å². The van der Waals surface area contributed by atoms with E-state index >= 15 is 0 Å². The van der Waals surface area contributed by atoms with Crippen molar-refractivity contribution < 1.29 is 9.53 Å². The fraction of sp³-hybridized carbons (Fsp3) is 0.200. The maximum absolute atomic E-state index is 12.2. The summed E-state index contributed by atoms with van der Waals surface area (Å²) < 4.78 is 5.17. The molecule has 1 atom stereocenters. The van der Waals surface area contributed by atoms with Crippen LogP contribution in [0, 0.1) is 17.2 Å². The zero-order valence-electron chi connectivity index (χ0n) is 11.0. The Labute approximate surface area is 121 Å². The molecule has 0 spiro atoms. The quantitative estimate of drug-likeness (QED) is 0.918. The summed E-state index contributed by atoms with van der Waals surface area (Å²) in [6.07, 6.45) is 0.426. The van der Waals surface area contributed by atoms with Crippen molar-refractivity contribution in [1.82, 2.24) is 0 Å². The molecule has 2 aromatic rings. The van der Waals surface area contributed by atoms with Crippen molar-refractivity contribution in [3.63, 3.8) is 0 Å². The average Bonchev–Trinajstić information content (AvgIpc) is 2.98. The Morgan fingerprint density at radius 3 is 2.85 bits per heavy atom. The van der Waals surface area contributed by atoms with E-state index in [4.69, 9.17) is 10.00 Å². The molecule has 0 fully saturated rings. The number of hydrogen-bond acceptors (Lipinski definition) is 4. The molecule has 0 saturated carbocycles. The predicted molar refractivity (Wildman–Crippen MR) is 78.7 cm³/mol. The topological polar surface area (TPSA) is 62.1 Å². The van der Waals surface area contributed by atoms with Crippen LogP contribution in [-0.4, -0.2) is 13.0 Å².